The fraction of sp³-hybridized carbons (Fsp3) is 0.941. The molecule has 0 unspecified atom stereocenters. The van der Waals surface area contributed by atoms with E-state index in [4.69, 9.17) is 4.74 Å². The Morgan fingerprint density at radius 1 is 1.27 bits per heavy atom. The zero-order valence-corrected chi connectivity index (χ0v) is 14.1. The maximum atomic E-state index is 12.1. The van der Waals surface area contributed by atoms with Gasteiger partial charge < -0.3 is 20.5 Å². The van der Waals surface area contributed by atoms with Crippen molar-refractivity contribution in [2.75, 3.05) is 13.2 Å². The molecule has 1 aliphatic heterocycles. The van der Waals surface area contributed by atoms with E-state index < -0.39 is 5.60 Å². The first kappa shape index (κ1) is 17.5. The highest BCUT2D eigenvalue weighted by Gasteiger charge is 2.38. The monoisotopic (exact) mass is 312 g/mol. The fourth-order valence-corrected chi connectivity index (χ4v) is 3.68. The summed E-state index contributed by atoms with van der Waals surface area (Å²) < 4.78 is 6.06. The molecule has 1 heterocycles. The van der Waals surface area contributed by atoms with Crippen LogP contribution in [-0.4, -0.2) is 41.5 Å². The predicted octanol–water partition coefficient (Wildman–Crippen LogP) is 2.72. The second-order valence-electron chi connectivity index (χ2n) is 7.04. The van der Waals surface area contributed by atoms with E-state index in [0.29, 0.717) is 19.4 Å². The fourth-order valence-electron chi connectivity index (χ4n) is 3.68. The molecule has 3 N–H and O–H groups in total. The standard InChI is InChI=1S/C17H32N2O3/c1-3-16(21,4-2)13-18-15(20)19-14-8-11-22-17(12-14)9-6-5-7-10-17/h14,21H,3-13H2,1-2H3,(H2,18,19,20)/t14-/m0/s1. The molecule has 22 heavy (non-hydrogen) atoms. The number of nitrogens with one attached hydrogen (secondary N) is 2. The summed E-state index contributed by atoms with van der Waals surface area (Å²) in [7, 11) is 0. The summed E-state index contributed by atoms with van der Waals surface area (Å²) in [4.78, 5) is 12.1. The van der Waals surface area contributed by atoms with Crippen molar-refractivity contribution in [3.05, 3.63) is 0 Å². The van der Waals surface area contributed by atoms with E-state index in [0.717, 1.165) is 32.3 Å². The Morgan fingerprint density at radius 2 is 1.95 bits per heavy atom. The molecule has 0 radical (unpaired) electrons. The van der Waals surface area contributed by atoms with Gasteiger partial charge in [0.25, 0.3) is 0 Å². The molecule has 2 amide bonds. The highest BCUT2D eigenvalue weighted by molar-refractivity contribution is 5.74. The lowest BCUT2D eigenvalue weighted by molar-refractivity contribution is -0.107. The van der Waals surface area contributed by atoms with Crippen molar-refractivity contribution in [3.63, 3.8) is 0 Å². The second-order valence-corrected chi connectivity index (χ2v) is 7.04. The summed E-state index contributed by atoms with van der Waals surface area (Å²) >= 11 is 0. The number of hydrogen-bond acceptors (Lipinski definition) is 3. The highest BCUT2D eigenvalue weighted by Crippen LogP contribution is 2.38. The van der Waals surface area contributed by atoms with E-state index in [1.807, 2.05) is 13.8 Å². The Morgan fingerprint density at radius 3 is 2.59 bits per heavy atom. The van der Waals surface area contributed by atoms with Crippen molar-refractivity contribution < 1.29 is 14.6 Å². The number of aliphatic hydroxyl groups is 1. The van der Waals surface area contributed by atoms with Gasteiger partial charge in [-0.15, -0.1) is 0 Å². The van der Waals surface area contributed by atoms with Gasteiger partial charge >= 0.3 is 6.03 Å². The number of carbonyl (C=O) groups excluding carboxylic acids is 1. The van der Waals surface area contributed by atoms with Gasteiger partial charge in [-0.2, -0.15) is 0 Å². The number of carbonyl (C=O) groups is 1. The average molecular weight is 312 g/mol. The van der Waals surface area contributed by atoms with E-state index in [1.165, 1.54) is 19.3 Å². The zero-order valence-electron chi connectivity index (χ0n) is 14.1. The van der Waals surface area contributed by atoms with Crippen molar-refractivity contribution in [1.82, 2.24) is 10.6 Å². The Balaban J connectivity index is 1.78. The molecule has 0 bridgehead atoms. The molecule has 1 aliphatic carbocycles. The molecular formula is C17H32N2O3. The van der Waals surface area contributed by atoms with Crippen LogP contribution in [-0.2, 0) is 4.74 Å². The van der Waals surface area contributed by atoms with Crippen LogP contribution >= 0.6 is 0 Å². The molecule has 5 heteroatoms. The van der Waals surface area contributed by atoms with Crippen LogP contribution in [0.4, 0.5) is 4.79 Å². The number of rotatable bonds is 5. The van der Waals surface area contributed by atoms with Gasteiger partial charge in [-0.05, 0) is 38.5 Å². The van der Waals surface area contributed by atoms with Gasteiger partial charge in [0.1, 0.15) is 0 Å². The first-order valence-corrected chi connectivity index (χ1v) is 8.91. The minimum Gasteiger partial charge on any atom is -0.388 e. The minimum atomic E-state index is -0.794. The van der Waals surface area contributed by atoms with Gasteiger partial charge in [0.05, 0.1) is 11.2 Å². The van der Waals surface area contributed by atoms with E-state index in [-0.39, 0.29) is 17.7 Å². The third-order valence-corrected chi connectivity index (χ3v) is 5.49. The number of ether oxygens (including phenoxy) is 1. The molecule has 1 spiro atoms. The lowest BCUT2D eigenvalue weighted by Crippen LogP contribution is -2.53. The summed E-state index contributed by atoms with van der Waals surface area (Å²) in [5.41, 5.74) is -0.792. The van der Waals surface area contributed by atoms with Crippen LogP contribution in [0.15, 0.2) is 0 Å². The lowest BCUT2D eigenvalue weighted by atomic mass is 9.78. The topological polar surface area (TPSA) is 70.6 Å². The molecule has 1 atom stereocenters. The zero-order chi connectivity index (χ0) is 16.1. The maximum absolute atomic E-state index is 12.1. The minimum absolute atomic E-state index is 0.00200. The van der Waals surface area contributed by atoms with Gasteiger partial charge in [-0.3, -0.25) is 0 Å². The van der Waals surface area contributed by atoms with Crippen LogP contribution in [0, 0.1) is 0 Å². The molecule has 128 valence electrons. The molecule has 5 nitrogen and oxygen atoms in total. The van der Waals surface area contributed by atoms with Gasteiger partial charge in [0.15, 0.2) is 0 Å². The number of hydrogen-bond donors (Lipinski definition) is 3. The van der Waals surface area contributed by atoms with Crippen LogP contribution in [0.2, 0.25) is 0 Å². The number of urea groups is 1. The van der Waals surface area contributed by atoms with Crippen molar-refractivity contribution >= 4 is 6.03 Å². The maximum Gasteiger partial charge on any atom is 0.315 e. The summed E-state index contributed by atoms with van der Waals surface area (Å²) in [6.07, 6.45) is 9.10. The molecular weight excluding hydrogens is 280 g/mol. The first-order valence-electron chi connectivity index (χ1n) is 8.91. The molecule has 2 rings (SSSR count). The molecule has 1 saturated heterocycles. The summed E-state index contributed by atoms with van der Waals surface area (Å²) in [6.45, 7) is 4.92. The first-order chi connectivity index (χ1) is 10.5. The van der Waals surface area contributed by atoms with Crippen molar-refractivity contribution in [2.45, 2.75) is 88.9 Å². The van der Waals surface area contributed by atoms with Gasteiger partial charge in [0, 0.05) is 19.2 Å². The summed E-state index contributed by atoms with van der Waals surface area (Å²) in [5.74, 6) is 0. The third kappa shape index (κ3) is 4.59. The SMILES string of the molecule is CCC(O)(CC)CNC(=O)N[C@H]1CCOC2(CCCCC2)C1. The van der Waals surface area contributed by atoms with E-state index in [2.05, 4.69) is 10.6 Å². The van der Waals surface area contributed by atoms with Crippen LogP contribution in [0.5, 0.6) is 0 Å². The van der Waals surface area contributed by atoms with Crippen LogP contribution in [0.1, 0.15) is 71.6 Å². The van der Waals surface area contributed by atoms with Gasteiger partial charge in [0.2, 0.25) is 0 Å². The Bertz CT molecular complexity index is 357. The highest BCUT2D eigenvalue weighted by atomic mass is 16.5. The number of amides is 2. The quantitative estimate of drug-likeness (QED) is 0.731. The predicted molar refractivity (Wildman–Crippen MR) is 86.9 cm³/mol. The molecule has 0 aromatic carbocycles. The van der Waals surface area contributed by atoms with Gasteiger partial charge in [-0.25, -0.2) is 4.79 Å². The Labute approximate surface area is 134 Å². The van der Waals surface area contributed by atoms with Gasteiger partial charge in [-0.1, -0.05) is 33.1 Å². The van der Waals surface area contributed by atoms with Crippen LogP contribution in [0.3, 0.4) is 0 Å². The van der Waals surface area contributed by atoms with E-state index in [1.54, 1.807) is 0 Å². The molecule has 1 saturated carbocycles. The molecule has 2 aliphatic rings. The smallest absolute Gasteiger partial charge is 0.315 e. The molecule has 2 fully saturated rings. The van der Waals surface area contributed by atoms with E-state index >= 15 is 0 Å². The Hall–Kier alpha value is -0.810. The lowest BCUT2D eigenvalue weighted by Gasteiger charge is -2.43. The van der Waals surface area contributed by atoms with Crippen molar-refractivity contribution in [3.8, 4) is 0 Å². The van der Waals surface area contributed by atoms with Crippen molar-refractivity contribution in [1.29, 1.82) is 0 Å². The summed E-state index contributed by atoms with van der Waals surface area (Å²) in [5, 5.41) is 16.1. The average Bonchev–Trinajstić information content (AvgIpc) is 2.53. The van der Waals surface area contributed by atoms with Crippen LogP contribution < -0.4 is 10.6 Å². The Kier molecular flexibility index (Phi) is 6.09. The second kappa shape index (κ2) is 7.64. The van der Waals surface area contributed by atoms with E-state index in [9.17, 15) is 9.90 Å². The van der Waals surface area contributed by atoms with Crippen LogP contribution in [0.25, 0.3) is 0 Å². The third-order valence-electron chi connectivity index (χ3n) is 5.49. The summed E-state index contributed by atoms with van der Waals surface area (Å²) in [6, 6.07) is 0.0152. The van der Waals surface area contributed by atoms with Crippen molar-refractivity contribution in [2.24, 2.45) is 0 Å². The molecule has 0 aromatic heterocycles. The molecule has 0 aromatic rings. The largest absolute Gasteiger partial charge is 0.388 e. The normalized spacial score (nSPS) is 25.0.